The average Bonchev–Trinajstić information content (AvgIpc) is 2.58. The van der Waals surface area contributed by atoms with Gasteiger partial charge in [-0.15, -0.1) is 0 Å². The van der Waals surface area contributed by atoms with Crippen molar-refractivity contribution < 1.29 is 14.0 Å². The number of nitrogens with one attached hydrogen (secondary N) is 3. The molecule has 0 unspecified atom stereocenters. The van der Waals surface area contributed by atoms with Crippen molar-refractivity contribution in [1.29, 1.82) is 0 Å². The molecule has 0 spiro atoms. The van der Waals surface area contributed by atoms with Gasteiger partial charge < -0.3 is 16.0 Å². The maximum absolute atomic E-state index is 12.8. The predicted octanol–water partition coefficient (Wildman–Crippen LogP) is 3.78. The number of hydrogen-bond acceptors (Lipinski definition) is 2. The van der Waals surface area contributed by atoms with Crippen LogP contribution in [0.4, 0.5) is 20.6 Å². The Balaban J connectivity index is 1.76. The molecular formula is C19H22FN3O2. The molecule has 2 aromatic rings. The number of hydrogen-bond donors (Lipinski definition) is 3. The molecule has 0 aromatic heterocycles. The molecule has 3 amide bonds. The SMILES string of the molecule is CC(C)C(=O)Nc1ccc(NC(=O)NCCc2ccc(F)cc2)cc1. The highest BCUT2D eigenvalue weighted by Crippen LogP contribution is 2.14. The first-order chi connectivity index (χ1) is 11.9. The monoisotopic (exact) mass is 343 g/mol. The Morgan fingerprint density at radius 1 is 0.920 bits per heavy atom. The van der Waals surface area contributed by atoms with Crippen LogP contribution in [0.15, 0.2) is 48.5 Å². The molecule has 6 heteroatoms. The summed E-state index contributed by atoms with van der Waals surface area (Å²) in [6, 6.07) is 12.8. The van der Waals surface area contributed by atoms with Gasteiger partial charge in [-0.3, -0.25) is 4.79 Å². The molecule has 2 aromatic carbocycles. The van der Waals surface area contributed by atoms with E-state index in [-0.39, 0.29) is 23.7 Å². The molecule has 0 atom stereocenters. The van der Waals surface area contributed by atoms with Crippen LogP contribution in [0.1, 0.15) is 19.4 Å². The predicted molar refractivity (Wildman–Crippen MR) is 97.0 cm³/mol. The van der Waals surface area contributed by atoms with Gasteiger partial charge in [-0.25, -0.2) is 9.18 Å². The first-order valence-corrected chi connectivity index (χ1v) is 8.14. The Morgan fingerprint density at radius 2 is 1.48 bits per heavy atom. The largest absolute Gasteiger partial charge is 0.338 e. The normalized spacial score (nSPS) is 10.4. The lowest BCUT2D eigenvalue weighted by Gasteiger charge is -2.10. The number of amides is 3. The van der Waals surface area contributed by atoms with E-state index in [4.69, 9.17) is 0 Å². The maximum Gasteiger partial charge on any atom is 0.319 e. The van der Waals surface area contributed by atoms with Gasteiger partial charge in [0.1, 0.15) is 5.82 Å². The summed E-state index contributed by atoms with van der Waals surface area (Å²) in [5.41, 5.74) is 2.26. The third kappa shape index (κ3) is 6.25. The van der Waals surface area contributed by atoms with Crippen LogP contribution in [-0.2, 0) is 11.2 Å². The fourth-order valence-corrected chi connectivity index (χ4v) is 2.07. The van der Waals surface area contributed by atoms with E-state index in [9.17, 15) is 14.0 Å². The molecule has 0 aliphatic rings. The summed E-state index contributed by atoms with van der Waals surface area (Å²) in [5.74, 6) is -0.425. The van der Waals surface area contributed by atoms with Crippen LogP contribution < -0.4 is 16.0 Å². The van der Waals surface area contributed by atoms with Crippen molar-refractivity contribution in [2.75, 3.05) is 17.2 Å². The zero-order chi connectivity index (χ0) is 18.2. The number of halogens is 1. The second kappa shape index (κ2) is 8.82. The molecule has 0 aliphatic heterocycles. The lowest BCUT2D eigenvalue weighted by atomic mass is 10.1. The number of carbonyl (C=O) groups excluding carboxylic acids is 2. The van der Waals surface area contributed by atoms with E-state index in [2.05, 4.69) is 16.0 Å². The van der Waals surface area contributed by atoms with Gasteiger partial charge in [0, 0.05) is 23.8 Å². The molecular weight excluding hydrogens is 321 g/mol. The molecule has 0 aliphatic carbocycles. The Morgan fingerprint density at radius 3 is 2.04 bits per heavy atom. The number of benzene rings is 2. The summed E-state index contributed by atoms with van der Waals surface area (Å²) in [4.78, 5) is 23.5. The molecule has 0 heterocycles. The summed E-state index contributed by atoms with van der Waals surface area (Å²) in [7, 11) is 0. The number of urea groups is 1. The van der Waals surface area contributed by atoms with Crippen LogP contribution in [0.3, 0.4) is 0 Å². The first-order valence-electron chi connectivity index (χ1n) is 8.14. The summed E-state index contributed by atoms with van der Waals surface area (Å²) in [6.07, 6.45) is 0.619. The molecule has 0 bridgehead atoms. The standard InChI is InChI=1S/C19H22FN3O2/c1-13(2)18(24)22-16-7-9-17(10-8-16)23-19(25)21-12-11-14-3-5-15(20)6-4-14/h3-10,13H,11-12H2,1-2H3,(H,22,24)(H2,21,23,25). The van der Waals surface area contributed by atoms with E-state index in [1.807, 2.05) is 13.8 Å². The molecule has 3 N–H and O–H groups in total. The van der Waals surface area contributed by atoms with Gasteiger partial charge in [-0.05, 0) is 48.4 Å². The van der Waals surface area contributed by atoms with Crippen molar-refractivity contribution in [1.82, 2.24) is 5.32 Å². The van der Waals surface area contributed by atoms with Crippen LogP contribution in [0.25, 0.3) is 0 Å². The Hall–Kier alpha value is -2.89. The lowest BCUT2D eigenvalue weighted by Crippen LogP contribution is -2.30. The van der Waals surface area contributed by atoms with E-state index < -0.39 is 0 Å². The second-order valence-corrected chi connectivity index (χ2v) is 5.98. The smallest absolute Gasteiger partial charge is 0.319 e. The molecule has 25 heavy (non-hydrogen) atoms. The van der Waals surface area contributed by atoms with E-state index in [0.717, 1.165) is 5.56 Å². The van der Waals surface area contributed by atoms with Crippen molar-refractivity contribution in [3.63, 3.8) is 0 Å². The van der Waals surface area contributed by atoms with Gasteiger partial charge in [0.15, 0.2) is 0 Å². The Bertz CT molecular complexity index is 712. The van der Waals surface area contributed by atoms with Crippen LogP contribution in [-0.4, -0.2) is 18.5 Å². The van der Waals surface area contributed by atoms with E-state index in [0.29, 0.717) is 24.3 Å². The molecule has 5 nitrogen and oxygen atoms in total. The quantitative estimate of drug-likeness (QED) is 0.747. The van der Waals surface area contributed by atoms with Crippen LogP contribution in [0.5, 0.6) is 0 Å². The number of anilines is 2. The molecule has 0 radical (unpaired) electrons. The summed E-state index contributed by atoms with van der Waals surface area (Å²) < 4.78 is 12.8. The highest BCUT2D eigenvalue weighted by Gasteiger charge is 2.07. The van der Waals surface area contributed by atoms with E-state index in [1.54, 1.807) is 36.4 Å². The average molecular weight is 343 g/mol. The summed E-state index contributed by atoms with van der Waals surface area (Å²) >= 11 is 0. The summed E-state index contributed by atoms with van der Waals surface area (Å²) in [6.45, 7) is 4.09. The third-order valence-corrected chi connectivity index (χ3v) is 3.55. The van der Waals surface area contributed by atoms with Gasteiger partial charge in [0.25, 0.3) is 0 Å². The fourth-order valence-electron chi connectivity index (χ4n) is 2.07. The molecule has 0 saturated heterocycles. The van der Waals surface area contributed by atoms with Crippen LogP contribution in [0.2, 0.25) is 0 Å². The van der Waals surface area contributed by atoms with Crippen LogP contribution >= 0.6 is 0 Å². The molecule has 0 fully saturated rings. The second-order valence-electron chi connectivity index (χ2n) is 5.98. The van der Waals surface area contributed by atoms with Crippen molar-refractivity contribution in [3.8, 4) is 0 Å². The topological polar surface area (TPSA) is 70.2 Å². The van der Waals surface area contributed by atoms with Gasteiger partial charge in [-0.1, -0.05) is 26.0 Å². The van der Waals surface area contributed by atoms with Gasteiger partial charge in [0.05, 0.1) is 0 Å². The number of rotatable bonds is 6. The van der Waals surface area contributed by atoms with Crippen molar-refractivity contribution in [2.24, 2.45) is 5.92 Å². The lowest BCUT2D eigenvalue weighted by molar-refractivity contribution is -0.118. The van der Waals surface area contributed by atoms with E-state index >= 15 is 0 Å². The maximum atomic E-state index is 12.8. The highest BCUT2D eigenvalue weighted by molar-refractivity contribution is 5.93. The summed E-state index contributed by atoms with van der Waals surface area (Å²) in [5, 5.41) is 8.24. The zero-order valence-corrected chi connectivity index (χ0v) is 14.3. The third-order valence-electron chi connectivity index (χ3n) is 3.55. The fraction of sp³-hybridized carbons (Fsp3) is 0.263. The van der Waals surface area contributed by atoms with Gasteiger partial charge >= 0.3 is 6.03 Å². The molecule has 0 saturated carbocycles. The number of carbonyl (C=O) groups is 2. The highest BCUT2D eigenvalue weighted by atomic mass is 19.1. The van der Waals surface area contributed by atoms with Crippen molar-refractivity contribution in [2.45, 2.75) is 20.3 Å². The van der Waals surface area contributed by atoms with Crippen molar-refractivity contribution in [3.05, 3.63) is 59.9 Å². The molecule has 132 valence electrons. The first kappa shape index (κ1) is 18.4. The van der Waals surface area contributed by atoms with Crippen LogP contribution in [0, 0.1) is 11.7 Å². The molecule has 2 rings (SSSR count). The Kier molecular flexibility index (Phi) is 6.51. The minimum absolute atomic E-state index is 0.0563. The minimum Gasteiger partial charge on any atom is -0.338 e. The zero-order valence-electron chi connectivity index (χ0n) is 14.3. The minimum atomic E-state index is -0.318. The van der Waals surface area contributed by atoms with E-state index in [1.165, 1.54) is 12.1 Å². The van der Waals surface area contributed by atoms with Crippen molar-refractivity contribution >= 4 is 23.3 Å². The van der Waals surface area contributed by atoms with Gasteiger partial charge in [0.2, 0.25) is 5.91 Å². The Labute approximate surface area is 146 Å². The van der Waals surface area contributed by atoms with Gasteiger partial charge in [-0.2, -0.15) is 0 Å².